The average Bonchev–Trinajstić information content (AvgIpc) is 2.57. The SMILES string of the molecule is COc1ccccc1NC(N)=NCC(C(C)C)N1CCC(C)CC1. The van der Waals surface area contributed by atoms with E-state index < -0.39 is 0 Å². The van der Waals surface area contributed by atoms with E-state index in [4.69, 9.17) is 10.5 Å². The molecule has 1 heterocycles. The number of nitrogens with two attached hydrogens (primary N) is 1. The molecule has 1 aromatic carbocycles. The van der Waals surface area contributed by atoms with Crippen LogP contribution in [0.15, 0.2) is 29.3 Å². The molecule has 0 aromatic heterocycles. The number of rotatable bonds is 6. The summed E-state index contributed by atoms with van der Waals surface area (Å²) < 4.78 is 5.33. The lowest BCUT2D eigenvalue weighted by Crippen LogP contribution is -2.45. The summed E-state index contributed by atoms with van der Waals surface area (Å²) in [6.07, 6.45) is 2.56. The van der Waals surface area contributed by atoms with E-state index in [-0.39, 0.29) is 0 Å². The second-order valence-corrected chi connectivity index (χ2v) is 7.08. The van der Waals surface area contributed by atoms with E-state index in [0.717, 1.165) is 23.9 Å². The Bertz CT molecular complexity index is 536. The van der Waals surface area contributed by atoms with Crippen LogP contribution in [0.1, 0.15) is 33.6 Å². The van der Waals surface area contributed by atoms with Crippen molar-refractivity contribution in [2.24, 2.45) is 22.6 Å². The van der Waals surface area contributed by atoms with Crippen molar-refractivity contribution in [2.45, 2.75) is 39.7 Å². The van der Waals surface area contributed by atoms with Gasteiger partial charge in [0.15, 0.2) is 5.96 Å². The van der Waals surface area contributed by atoms with Gasteiger partial charge >= 0.3 is 0 Å². The second-order valence-electron chi connectivity index (χ2n) is 7.08. The molecule has 1 atom stereocenters. The molecule has 0 spiro atoms. The largest absolute Gasteiger partial charge is 0.495 e. The Morgan fingerprint density at radius 3 is 2.62 bits per heavy atom. The Hall–Kier alpha value is -1.75. The molecule has 1 aliphatic rings. The smallest absolute Gasteiger partial charge is 0.193 e. The molecule has 1 fully saturated rings. The van der Waals surface area contributed by atoms with Gasteiger partial charge in [0.2, 0.25) is 0 Å². The molecule has 3 N–H and O–H groups in total. The molecule has 0 bridgehead atoms. The third kappa shape index (κ3) is 5.13. The molecule has 1 unspecified atom stereocenters. The summed E-state index contributed by atoms with van der Waals surface area (Å²) in [6, 6.07) is 8.16. The number of hydrogen-bond acceptors (Lipinski definition) is 3. The van der Waals surface area contributed by atoms with Crippen molar-refractivity contribution in [2.75, 3.05) is 32.1 Å². The van der Waals surface area contributed by atoms with Crippen LogP contribution in [-0.2, 0) is 0 Å². The van der Waals surface area contributed by atoms with Crippen LogP contribution in [0.2, 0.25) is 0 Å². The van der Waals surface area contributed by atoms with E-state index >= 15 is 0 Å². The fraction of sp³-hybridized carbons (Fsp3) is 0.632. The number of guanidine groups is 1. The molecule has 1 aromatic rings. The monoisotopic (exact) mass is 332 g/mol. The van der Waals surface area contributed by atoms with Crippen LogP contribution in [0, 0.1) is 11.8 Å². The minimum Gasteiger partial charge on any atom is -0.495 e. The summed E-state index contributed by atoms with van der Waals surface area (Å²) in [6.45, 7) is 9.93. The molecular formula is C19H32N4O. The first-order valence-corrected chi connectivity index (χ1v) is 8.95. The maximum absolute atomic E-state index is 6.09. The first kappa shape index (κ1) is 18.6. The number of likely N-dealkylation sites (tertiary alicyclic amines) is 1. The molecule has 2 rings (SSSR count). The number of nitrogens with zero attached hydrogens (tertiary/aromatic N) is 2. The van der Waals surface area contributed by atoms with Gasteiger partial charge in [0.25, 0.3) is 0 Å². The molecule has 0 aliphatic carbocycles. The van der Waals surface area contributed by atoms with E-state index in [1.807, 2.05) is 24.3 Å². The van der Waals surface area contributed by atoms with Gasteiger partial charge in [-0.25, -0.2) is 0 Å². The molecule has 0 radical (unpaired) electrons. The lowest BCUT2D eigenvalue weighted by atomic mass is 9.94. The topological polar surface area (TPSA) is 62.9 Å². The highest BCUT2D eigenvalue weighted by molar-refractivity contribution is 5.93. The molecule has 24 heavy (non-hydrogen) atoms. The van der Waals surface area contributed by atoms with Crippen LogP contribution in [0.25, 0.3) is 0 Å². The predicted octanol–water partition coefficient (Wildman–Crippen LogP) is 3.18. The summed E-state index contributed by atoms with van der Waals surface area (Å²) in [4.78, 5) is 7.17. The minimum absolute atomic E-state index is 0.440. The Morgan fingerprint density at radius 2 is 2.00 bits per heavy atom. The van der Waals surface area contributed by atoms with Gasteiger partial charge in [-0.1, -0.05) is 32.9 Å². The zero-order valence-corrected chi connectivity index (χ0v) is 15.5. The van der Waals surface area contributed by atoms with Crippen molar-refractivity contribution in [3.05, 3.63) is 24.3 Å². The van der Waals surface area contributed by atoms with Gasteiger partial charge in [-0.3, -0.25) is 9.89 Å². The number of nitrogens with one attached hydrogen (secondary N) is 1. The van der Waals surface area contributed by atoms with E-state index in [1.54, 1.807) is 7.11 Å². The van der Waals surface area contributed by atoms with E-state index in [2.05, 4.69) is 36.0 Å². The fourth-order valence-corrected chi connectivity index (χ4v) is 3.23. The first-order chi connectivity index (χ1) is 11.5. The van der Waals surface area contributed by atoms with Crippen LogP contribution in [-0.4, -0.2) is 43.6 Å². The molecule has 5 nitrogen and oxygen atoms in total. The zero-order chi connectivity index (χ0) is 17.5. The average molecular weight is 332 g/mol. The van der Waals surface area contributed by atoms with Crippen molar-refractivity contribution < 1.29 is 4.74 Å². The highest BCUT2D eigenvalue weighted by atomic mass is 16.5. The van der Waals surface area contributed by atoms with Crippen LogP contribution >= 0.6 is 0 Å². The third-order valence-corrected chi connectivity index (χ3v) is 4.88. The summed E-state index contributed by atoms with van der Waals surface area (Å²) in [5.41, 5.74) is 6.94. The van der Waals surface area contributed by atoms with Gasteiger partial charge in [-0.2, -0.15) is 0 Å². The summed E-state index contributed by atoms with van der Waals surface area (Å²) in [5, 5.41) is 3.15. The third-order valence-electron chi connectivity index (χ3n) is 4.88. The number of ether oxygens (including phenoxy) is 1. The van der Waals surface area contributed by atoms with E-state index in [0.29, 0.717) is 17.9 Å². The lowest BCUT2D eigenvalue weighted by molar-refractivity contribution is 0.113. The molecule has 1 saturated heterocycles. The van der Waals surface area contributed by atoms with Gasteiger partial charge < -0.3 is 15.8 Å². The Morgan fingerprint density at radius 1 is 1.33 bits per heavy atom. The number of methoxy groups -OCH3 is 1. The number of hydrogen-bond donors (Lipinski definition) is 2. The quantitative estimate of drug-likeness (QED) is 0.620. The van der Waals surface area contributed by atoms with Crippen LogP contribution in [0.4, 0.5) is 5.69 Å². The Balaban J connectivity index is 1.98. The highest BCUT2D eigenvalue weighted by Gasteiger charge is 2.25. The number of benzene rings is 1. The van der Waals surface area contributed by atoms with Crippen LogP contribution in [0.3, 0.4) is 0 Å². The van der Waals surface area contributed by atoms with E-state index in [9.17, 15) is 0 Å². The summed E-state index contributed by atoms with van der Waals surface area (Å²) in [7, 11) is 1.65. The standard InChI is InChI=1S/C19H32N4O/c1-14(2)17(23-11-9-15(3)10-12-23)13-21-19(20)22-16-7-5-6-8-18(16)24-4/h5-8,14-15,17H,9-13H2,1-4H3,(H3,20,21,22). The number of aliphatic imine (C=N–C) groups is 1. The van der Waals surface area contributed by atoms with Gasteiger partial charge in [-0.05, 0) is 49.9 Å². The van der Waals surface area contributed by atoms with E-state index in [1.165, 1.54) is 25.9 Å². The summed E-state index contributed by atoms with van der Waals surface area (Å²) in [5.74, 6) is 2.60. The van der Waals surface area contributed by atoms with Gasteiger partial charge in [0.1, 0.15) is 5.75 Å². The van der Waals surface area contributed by atoms with Gasteiger partial charge in [-0.15, -0.1) is 0 Å². The lowest BCUT2D eigenvalue weighted by Gasteiger charge is -2.38. The van der Waals surface area contributed by atoms with Gasteiger partial charge in [0, 0.05) is 6.04 Å². The van der Waals surface area contributed by atoms with Crippen molar-refractivity contribution in [1.82, 2.24) is 4.90 Å². The second kappa shape index (κ2) is 8.92. The fourth-order valence-electron chi connectivity index (χ4n) is 3.23. The highest BCUT2D eigenvalue weighted by Crippen LogP contribution is 2.23. The summed E-state index contributed by atoms with van der Waals surface area (Å²) >= 11 is 0. The molecule has 134 valence electrons. The molecule has 0 saturated carbocycles. The van der Waals surface area contributed by atoms with Crippen LogP contribution in [0.5, 0.6) is 5.75 Å². The van der Waals surface area contributed by atoms with Gasteiger partial charge in [0.05, 0.1) is 19.3 Å². The maximum atomic E-state index is 6.09. The van der Waals surface area contributed by atoms with Crippen molar-refractivity contribution >= 4 is 11.6 Å². The normalized spacial score (nSPS) is 18.6. The predicted molar refractivity (Wildman–Crippen MR) is 102 cm³/mol. The number of para-hydroxylation sites is 2. The first-order valence-electron chi connectivity index (χ1n) is 8.95. The zero-order valence-electron chi connectivity index (χ0n) is 15.5. The van der Waals surface area contributed by atoms with Crippen molar-refractivity contribution in [1.29, 1.82) is 0 Å². The minimum atomic E-state index is 0.440. The van der Waals surface area contributed by atoms with Crippen molar-refractivity contribution in [3.8, 4) is 5.75 Å². The Labute approximate surface area is 146 Å². The number of anilines is 1. The van der Waals surface area contributed by atoms with Crippen molar-refractivity contribution in [3.63, 3.8) is 0 Å². The Kier molecular flexibility index (Phi) is 6.91. The number of piperidine rings is 1. The molecule has 0 amide bonds. The molecular weight excluding hydrogens is 300 g/mol. The van der Waals surface area contributed by atoms with Crippen LogP contribution < -0.4 is 15.8 Å². The maximum Gasteiger partial charge on any atom is 0.193 e. The molecule has 1 aliphatic heterocycles. The molecule has 5 heteroatoms.